The van der Waals surface area contributed by atoms with Gasteiger partial charge in [0, 0.05) is 6.20 Å². The van der Waals surface area contributed by atoms with Crippen molar-refractivity contribution in [2.24, 2.45) is 0 Å². The van der Waals surface area contributed by atoms with E-state index in [1.165, 1.54) is 10.7 Å². The highest BCUT2D eigenvalue weighted by Gasteiger charge is 2.14. The highest BCUT2D eigenvalue weighted by Crippen LogP contribution is 2.22. The van der Waals surface area contributed by atoms with E-state index in [9.17, 15) is 4.39 Å². The Labute approximate surface area is 130 Å². The van der Waals surface area contributed by atoms with Crippen LogP contribution in [0.5, 0.6) is 5.75 Å². The molecule has 0 aliphatic rings. The Kier molecular flexibility index (Phi) is 3.97. The smallest absolute Gasteiger partial charge is 0.194 e. The number of tetrazole rings is 1. The van der Waals surface area contributed by atoms with E-state index < -0.39 is 5.82 Å². The third-order valence-electron chi connectivity index (χ3n) is 2.95. The Hall–Kier alpha value is -2.54. The molecule has 0 aliphatic heterocycles. The minimum atomic E-state index is -0.418. The van der Waals surface area contributed by atoms with Crippen LogP contribution in [-0.4, -0.2) is 25.2 Å². The van der Waals surface area contributed by atoms with Crippen molar-refractivity contribution in [1.29, 1.82) is 0 Å². The maximum atomic E-state index is 14.0. The van der Waals surface area contributed by atoms with Crippen molar-refractivity contribution < 1.29 is 9.13 Å². The summed E-state index contributed by atoms with van der Waals surface area (Å²) in [6.45, 7) is 1.89. The van der Waals surface area contributed by atoms with Crippen molar-refractivity contribution in [2.45, 2.75) is 13.5 Å². The SMILES string of the molecule is Cc1ccc(F)c(-n2nnnc2COc2cccnc2Cl)c1. The van der Waals surface area contributed by atoms with Crippen LogP contribution in [0.15, 0.2) is 36.5 Å². The summed E-state index contributed by atoms with van der Waals surface area (Å²) in [6, 6.07) is 8.08. The molecule has 6 nitrogen and oxygen atoms in total. The van der Waals surface area contributed by atoms with Crippen LogP contribution in [0.1, 0.15) is 11.4 Å². The second-order valence-corrected chi connectivity index (χ2v) is 4.90. The van der Waals surface area contributed by atoms with E-state index in [2.05, 4.69) is 20.5 Å². The summed E-state index contributed by atoms with van der Waals surface area (Å²) in [5.74, 6) is 0.339. The quantitative estimate of drug-likeness (QED) is 0.692. The van der Waals surface area contributed by atoms with E-state index in [0.29, 0.717) is 11.6 Å². The Morgan fingerprint density at radius 3 is 3.00 bits per heavy atom. The number of pyridine rings is 1. The molecule has 0 fully saturated rings. The van der Waals surface area contributed by atoms with Crippen molar-refractivity contribution >= 4 is 11.6 Å². The largest absolute Gasteiger partial charge is 0.482 e. The minimum absolute atomic E-state index is 0.0335. The summed E-state index contributed by atoms with van der Waals surface area (Å²) in [6.07, 6.45) is 1.56. The van der Waals surface area contributed by atoms with Crippen molar-refractivity contribution in [2.75, 3.05) is 0 Å². The van der Waals surface area contributed by atoms with Gasteiger partial charge in [-0.1, -0.05) is 17.7 Å². The first-order valence-electron chi connectivity index (χ1n) is 6.42. The lowest BCUT2D eigenvalue weighted by molar-refractivity contribution is 0.291. The zero-order chi connectivity index (χ0) is 15.5. The van der Waals surface area contributed by atoms with E-state index >= 15 is 0 Å². The molecule has 0 bridgehead atoms. The van der Waals surface area contributed by atoms with Gasteiger partial charge >= 0.3 is 0 Å². The van der Waals surface area contributed by atoms with Gasteiger partial charge in [-0.2, -0.15) is 4.68 Å². The highest BCUT2D eigenvalue weighted by molar-refractivity contribution is 6.30. The summed E-state index contributed by atoms with van der Waals surface area (Å²) in [4.78, 5) is 3.91. The Balaban J connectivity index is 1.87. The van der Waals surface area contributed by atoms with E-state index in [1.54, 1.807) is 30.5 Å². The molecule has 0 amide bonds. The van der Waals surface area contributed by atoms with Crippen LogP contribution in [0.25, 0.3) is 5.69 Å². The van der Waals surface area contributed by atoms with Gasteiger partial charge in [-0.05, 0) is 47.2 Å². The molecule has 0 N–H and O–H groups in total. The standard InChI is InChI=1S/C14H11ClFN5O/c1-9-4-5-10(16)11(7-9)21-13(18-19-20-21)8-22-12-3-2-6-17-14(12)15/h2-7H,8H2,1H3. The van der Waals surface area contributed by atoms with Crippen molar-refractivity contribution in [3.05, 3.63) is 58.9 Å². The molecule has 112 valence electrons. The monoisotopic (exact) mass is 319 g/mol. The lowest BCUT2D eigenvalue weighted by atomic mass is 10.2. The second kappa shape index (κ2) is 6.07. The molecule has 3 aromatic rings. The van der Waals surface area contributed by atoms with Crippen LogP contribution in [-0.2, 0) is 6.61 Å². The number of hydrogen-bond donors (Lipinski definition) is 0. The highest BCUT2D eigenvalue weighted by atomic mass is 35.5. The Morgan fingerprint density at radius 1 is 1.32 bits per heavy atom. The average molecular weight is 320 g/mol. The molecule has 0 aliphatic carbocycles. The summed E-state index contributed by atoms with van der Waals surface area (Å²) in [7, 11) is 0. The Bertz CT molecular complexity index is 807. The maximum Gasteiger partial charge on any atom is 0.194 e. The van der Waals surface area contributed by atoms with Crippen molar-refractivity contribution in [3.8, 4) is 11.4 Å². The summed E-state index contributed by atoms with van der Waals surface area (Å²) in [5.41, 5.74) is 1.16. The minimum Gasteiger partial charge on any atom is -0.482 e. The lowest BCUT2D eigenvalue weighted by Gasteiger charge is -2.08. The topological polar surface area (TPSA) is 65.7 Å². The fourth-order valence-corrected chi connectivity index (χ4v) is 2.06. The molecule has 0 radical (unpaired) electrons. The molecule has 0 unspecified atom stereocenters. The van der Waals surface area contributed by atoms with E-state index in [1.807, 2.05) is 6.92 Å². The zero-order valence-corrected chi connectivity index (χ0v) is 12.3. The van der Waals surface area contributed by atoms with Crippen molar-refractivity contribution in [3.63, 3.8) is 0 Å². The number of hydrogen-bond acceptors (Lipinski definition) is 5. The van der Waals surface area contributed by atoms with E-state index in [0.717, 1.165) is 5.56 Å². The molecule has 2 aromatic heterocycles. The third kappa shape index (κ3) is 2.89. The molecular weight excluding hydrogens is 309 g/mol. The van der Waals surface area contributed by atoms with E-state index in [4.69, 9.17) is 16.3 Å². The molecule has 0 saturated heterocycles. The van der Waals surface area contributed by atoms with Crippen LogP contribution in [0.4, 0.5) is 4.39 Å². The van der Waals surface area contributed by atoms with Crippen LogP contribution < -0.4 is 4.74 Å². The van der Waals surface area contributed by atoms with Gasteiger partial charge < -0.3 is 4.74 Å². The van der Waals surface area contributed by atoms with Crippen LogP contribution in [0.3, 0.4) is 0 Å². The first-order valence-corrected chi connectivity index (χ1v) is 6.80. The zero-order valence-electron chi connectivity index (χ0n) is 11.6. The van der Waals surface area contributed by atoms with Crippen LogP contribution in [0.2, 0.25) is 5.15 Å². The van der Waals surface area contributed by atoms with Crippen LogP contribution >= 0.6 is 11.6 Å². The maximum absolute atomic E-state index is 14.0. The number of benzene rings is 1. The number of ether oxygens (including phenoxy) is 1. The van der Waals surface area contributed by atoms with Gasteiger partial charge in [-0.15, -0.1) is 5.10 Å². The number of rotatable bonds is 4. The summed E-state index contributed by atoms with van der Waals surface area (Å²) < 4.78 is 20.8. The third-order valence-corrected chi connectivity index (χ3v) is 3.23. The van der Waals surface area contributed by atoms with Gasteiger partial charge in [-0.25, -0.2) is 9.37 Å². The van der Waals surface area contributed by atoms with Gasteiger partial charge in [0.15, 0.2) is 23.3 Å². The molecule has 8 heteroatoms. The average Bonchev–Trinajstić information content (AvgIpc) is 2.97. The molecule has 0 atom stereocenters. The molecule has 1 aromatic carbocycles. The molecule has 3 rings (SSSR count). The Morgan fingerprint density at radius 2 is 2.18 bits per heavy atom. The van der Waals surface area contributed by atoms with E-state index in [-0.39, 0.29) is 17.4 Å². The fraction of sp³-hybridized carbons (Fsp3) is 0.143. The van der Waals surface area contributed by atoms with Gasteiger partial charge in [0.1, 0.15) is 11.5 Å². The van der Waals surface area contributed by atoms with Gasteiger partial charge in [0.25, 0.3) is 0 Å². The molecule has 0 spiro atoms. The number of aryl methyl sites for hydroxylation is 1. The van der Waals surface area contributed by atoms with Crippen molar-refractivity contribution in [1.82, 2.24) is 25.2 Å². The van der Waals surface area contributed by atoms with Crippen LogP contribution in [0, 0.1) is 12.7 Å². The van der Waals surface area contributed by atoms with Gasteiger partial charge in [0.2, 0.25) is 0 Å². The lowest BCUT2D eigenvalue weighted by Crippen LogP contribution is -2.09. The number of nitrogens with zero attached hydrogens (tertiary/aromatic N) is 5. The number of aromatic nitrogens is 5. The summed E-state index contributed by atoms with van der Waals surface area (Å²) in [5, 5.41) is 11.5. The molecule has 22 heavy (non-hydrogen) atoms. The summed E-state index contributed by atoms with van der Waals surface area (Å²) >= 11 is 5.91. The van der Waals surface area contributed by atoms with Gasteiger partial charge in [-0.3, -0.25) is 0 Å². The first-order chi connectivity index (χ1) is 10.6. The first kappa shape index (κ1) is 14.4. The number of halogens is 2. The molecule has 0 saturated carbocycles. The predicted octanol–water partition coefficient (Wildman–Crippen LogP) is 2.74. The molecule has 2 heterocycles. The normalized spacial score (nSPS) is 10.7. The predicted molar refractivity (Wildman–Crippen MR) is 77.4 cm³/mol. The fourth-order valence-electron chi connectivity index (χ4n) is 1.89. The molecular formula is C14H11ClFN5O. The van der Waals surface area contributed by atoms with Gasteiger partial charge in [0.05, 0.1) is 0 Å². The second-order valence-electron chi connectivity index (χ2n) is 4.54.